The predicted molar refractivity (Wildman–Crippen MR) is 147 cm³/mol. The highest BCUT2D eigenvalue weighted by molar-refractivity contribution is 5.91. The fourth-order valence-electron chi connectivity index (χ4n) is 4.06. The molecule has 2 atom stereocenters. The Morgan fingerprint density at radius 2 is 1.69 bits per heavy atom. The van der Waals surface area contributed by atoms with Crippen molar-refractivity contribution in [3.05, 3.63) is 88.2 Å². The molecule has 0 saturated heterocycles. The van der Waals surface area contributed by atoms with E-state index in [2.05, 4.69) is 10.6 Å². The topological polar surface area (TPSA) is 136 Å². The monoisotopic (exact) mass is 589 g/mol. The molecule has 0 saturated carbocycles. The highest BCUT2D eigenvalue weighted by atomic mass is 19.4. The van der Waals surface area contributed by atoms with E-state index in [9.17, 15) is 37.5 Å². The normalized spacial score (nSPS) is 12.8. The lowest BCUT2D eigenvalue weighted by Crippen LogP contribution is -2.53. The van der Waals surface area contributed by atoms with Crippen LogP contribution >= 0.6 is 0 Å². The summed E-state index contributed by atoms with van der Waals surface area (Å²) in [5, 5.41) is 14.3. The van der Waals surface area contributed by atoms with Crippen LogP contribution in [0.15, 0.2) is 71.5 Å². The van der Waals surface area contributed by atoms with Gasteiger partial charge in [-0.05, 0) is 41.3 Å². The van der Waals surface area contributed by atoms with Crippen LogP contribution in [0.5, 0.6) is 0 Å². The van der Waals surface area contributed by atoms with Gasteiger partial charge in [0.05, 0.1) is 24.4 Å². The number of benzene rings is 2. The van der Waals surface area contributed by atoms with Crippen molar-refractivity contribution in [1.29, 1.82) is 0 Å². The molecule has 0 spiro atoms. The number of pyridine rings is 1. The zero-order valence-electron chi connectivity index (χ0n) is 23.0. The minimum atomic E-state index is -5.00. The number of aliphatic hydroxyl groups is 1. The Bertz CT molecular complexity index is 1470. The highest BCUT2D eigenvalue weighted by Crippen LogP contribution is 2.26. The largest absolute Gasteiger partial charge is 0.465 e. The average Bonchev–Trinajstić information content (AvgIpc) is 2.96. The van der Waals surface area contributed by atoms with Crippen LogP contribution in [0.2, 0.25) is 0 Å². The van der Waals surface area contributed by atoms with E-state index >= 15 is 0 Å². The number of esters is 1. The Kier molecular flexibility index (Phi) is 10.5. The van der Waals surface area contributed by atoms with Gasteiger partial charge in [-0.3, -0.25) is 19.5 Å². The molecule has 2 unspecified atom stereocenters. The van der Waals surface area contributed by atoms with Gasteiger partial charge in [0.2, 0.25) is 5.91 Å². The minimum Gasteiger partial charge on any atom is -0.465 e. The number of nitrogens with one attached hydrogen (secondary N) is 2. The minimum absolute atomic E-state index is 0.0835. The molecule has 0 aliphatic heterocycles. The van der Waals surface area contributed by atoms with Crippen molar-refractivity contribution in [2.75, 3.05) is 12.4 Å². The van der Waals surface area contributed by atoms with Gasteiger partial charge in [-0.1, -0.05) is 56.3 Å². The van der Waals surface area contributed by atoms with Gasteiger partial charge < -0.3 is 19.9 Å². The number of hydrogen-bond donors (Lipinski definition) is 3. The maximum atomic E-state index is 13.5. The first-order valence-electron chi connectivity index (χ1n) is 12.8. The van der Waals surface area contributed by atoms with Gasteiger partial charge in [-0.15, -0.1) is 0 Å². The summed E-state index contributed by atoms with van der Waals surface area (Å²) in [6.45, 7) is 1.92. The predicted octanol–water partition coefficient (Wildman–Crippen LogP) is 4.11. The van der Waals surface area contributed by atoms with Crippen LogP contribution in [-0.4, -0.2) is 53.1 Å². The van der Waals surface area contributed by atoms with Crippen LogP contribution in [0.25, 0.3) is 11.3 Å². The molecule has 0 aliphatic carbocycles. The zero-order valence-corrected chi connectivity index (χ0v) is 23.0. The van der Waals surface area contributed by atoms with Gasteiger partial charge in [-0.2, -0.15) is 13.2 Å². The number of aromatic nitrogens is 1. The van der Waals surface area contributed by atoms with Crippen LogP contribution in [0, 0.1) is 5.92 Å². The van der Waals surface area contributed by atoms with E-state index in [0.29, 0.717) is 11.1 Å². The second-order valence-corrected chi connectivity index (χ2v) is 9.61. The van der Waals surface area contributed by atoms with E-state index in [-0.39, 0.29) is 23.6 Å². The fourth-order valence-corrected chi connectivity index (χ4v) is 4.06. The molecule has 2 amide bonds. The summed E-state index contributed by atoms with van der Waals surface area (Å²) >= 11 is 0. The first-order chi connectivity index (χ1) is 19.8. The Morgan fingerprint density at radius 1 is 1.00 bits per heavy atom. The molecule has 0 aliphatic rings. The van der Waals surface area contributed by atoms with Gasteiger partial charge in [0.15, 0.2) is 6.10 Å². The molecule has 1 aromatic heterocycles. The Morgan fingerprint density at radius 3 is 2.31 bits per heavy atom. The van der Waals surface area contributed by atoms with E-state index in [1.165, 1.54) is 51.3 Å². The smallest absolute Gasteiger partial charge is 0.416 e. The molecule has 3 N–H and O–H groups in total. The third kappa shape index (κ3) is 8.19. The SMILES string of the molecule is COC(=O)c1cccc(-c2ccc(NC(=O)OCc3ccccc3)c(=O)n2CC(=O)NC(C(C)C)C(O)C(F)(F)F)c1. The summed E-state index contributed by atoms with van der Waals surface area (Å²) in [6, 6.07) is 15.7. The number of amides is 2. The van der Waals surface area contributed by atoms with Crippen LogP contribution in [-0.2, 0) is 27.4 Å². The van der Waals surface area contributed by atoms with Gasteiger partial charge in [0.25, 0.3) is 5.56 Å². The first kappa shape index (κ1) is 31.9. The van der Waals surface area contributed by atoms with E-state index in [4.69, 9.17) is 9.47 Å². The number of methoxy groups -OCH3 is 1. The molecule has 13 heteroatoms. The molecule has 42 heavy (non-hydrogen) atoms. The van der Waals surface area contributed by atoms with E-state index in [1.54, 1.807) is 36.4 Å². The van der Waals surface area contributed by atoms with Crippen molar-refractivity contribution in [2.24, 2.45) is 5.92 Å². The molecule has 224 valence electrons. The lowest BCUT2D eigenvalue weighted by molar-refractivity contribution is -0.215. The molecule has 3 rings (SSSR count). The summed E-state index contributed by atoms with van der Waals surface area (Å²) in [7, 11) is 1.19. The van der Waals surface area contributed by atoms with Gasteiger partial charge >= 0.3 is 18.2 Å². The molecule has 0 bridgehead atoms. The Balaban J connectivity index is 1.96. The van der Waals surface area contributed by atoms with Crippen molar-refractivity contribution in [3.8, 4) is 11.3 Å². The van der Waals surface area contributed by atoms with E-state index in [0.717, 1.165) is 4.57 Å². The number of alkyl halides is 3. The second kappa shape index (κ2) is 13.8. The Labute approximate surface area is 239 Å². The van der Waals surface area contributed by atoms with Crippen molar-refractivity contribution in [3.63, 3.8) is 0 Å². The molecule has 0 fully saturated rings. The van der Waals surface area contributed by atoms with E-state index in [1.807, 2.05) is 0 Å². The number of halogens is 3. The van der Waals surface area contributed by atoms with Crippen LogP contribution < -0.4 is 16.2 Å². The third-order valence-electron chi connectivity index (χ3n) is 6.23. The summed E-state index contributed by atoms with van der Waals surface area (Å²) in [5.74, 6) is -2.48. The van der Waals surface area contributed by atoms with Crippen LogP contribution in [0.3, 0.4) is 0 Å². The number of aliphatic hydroxyl groups excluding tert-OH is 1. The third-order valence-corrected chi connectivity index (χ3v) is 6.23. The number of rotatable bonds is 10. The number of carbonyl (C=O) groups is 3. The maximum absolute atomic E-state index is 13.5. The number of anilines is 1. The van der Waals surface area contributed by atoms with E-state index < -0.39 is 54.3 Å². The van der Waals surface area contributed by atoms with Gasteiger partial charge in [0, 0.05) is 0 Å². The summed E-state index contributed by atoms with van der Waals surface area (Å²) in [6.07, 6.45) is -8.80. The molecule has 2 aromatic carbocycles. The lowest BCUT2D eigenvalue weighted by Gasteiger charge is -2.29. The van der Waals surface area contributed by atoms with Crippen molar-refractivity contribution in [2.45, 2.75) is 45.3 Å². The van der Waals surface area contributed by atoms with Crippen LogP contribution in [0.1, 0.15) is 29.8 Å². The molecular formula is C29H30F3N3O7. The highest BCUT2D eigenvalue weighted by Gasteiger charge is 2.45. The quantitative estimate of drug-likeness (QED) is 0.303. The molecule has 0 radical (unpaired) electrons. The average molecular weight is 590 g/mol. The zero-order chi connectivity index (χ0) is 31.0. The van der Waals surface area contributed by atoms with Gasteiger partial charge in [0.1, 0.15) is 18.8 Å². The van der Waals surface area contributed by atoms with Crippen molar-refractivity contribution < 1.29 is 42.1 Å². The molecule has 3 aromatic rings. The number of hydrogen-bond acceptors (Lipinski definition) is 7. The standard InChI is InChI=1S/C29H30F3N3O7/c1-17(2)24(25(37)29(30,31)32)34-23(36)15-35-22(19-10-7-11-20(14-19)27(39)41-3)13-12-21(26(35)38)33-28(40)42-16-18-8-5-4-6-9-18/h4-14,17,24-25,37H,15-16H2,1-3H3,(H,33,40)(H,34,36). The maximum Gasteiger partial charge on any atom is 0.416 e. The van der Waals surface area contributed by atoms with Crippen molar-refractivity contribution >= 4 is 23.7 Å². The van der Waals surface area contributed by atoms with Crippen LogP contribution in [0.4, 0.5) is 23.7 Å². The second-order valence-electron chi connectivity index (χ2n) is 9.61. The first-order valence-corrected chi connectivity index (χ1v) is 12.8. The van der Waals surface area contributed by atoms with Gasteiger partial charge in [-0.25, -0.2) is 9.59 Å². The lowest BCUT2D eigenvalue weighted by atomic mass is 9.98. The molecule has 10 nitrogen and oxygen atoms in total. The van der Waals surface area contributed by atoms with Crippen molar-refractivity contribution in [1.82, 2.24) is 9.88 Å². The Hall–Kier alpha value is -4.65. The summed E-state index contributed by atoms with van der Waals surface area (Å²) in [5.41, 5.74) is 0.102. The number of ether oxygens (including phenoxy) is 2. The summed E-state index contributed by atoms with van der Waals surface area (Å²) in [4.78, 5) is 50.9. The molecule has 1 heterocycles. The summed E-state index contributed by atoms with van der Waals surface area (Å²) < 4.78 is 50.5. The number of nitrogens with zero attached hydrogens (tertiary/aromatic N) is 1. The fraction of sp³-hybridized carbons (Fsp3) is 0.310. The molecular weight excluding hydrogens is 559 g/mol. The number of carbonyl (C=O) groups excluding carboxylic acids is 3.